The van der Waals surface area contributed by atoms with Crippen molar-refractivity contribution >= 4 is 11.3 Å². The van der Waals surface area contributed by atoms with Crippen LogP contribution in [0.15, 0.2) is 29.6 Å². The minimum absolute atomic E-state index is 0.390. The normalized spacial score (nSPS) is 12.6. The Kier molecular flexibility index (Phi) is 3.92. The highest BCUT2D eigenvalue weighted by Gasteiger charge is 2.09. The van der Waals surface area contributed by atoms with E-state index >= 15 is 0 Å². The first-order valence-corrected chi connectivity index (χ1v) is 6.69. The second-order valence-corrected chi connectivity index (χ2v) is 5.29. The van der Waals surface area contributed by atoms with Gasteiger partial charge in [0.25, 0.3) is 0 Å². The quantitative estimate of drug-likeness (QED) is 0.898. The van der Waals surface area contributed by atoms with Gasteiger partial charge in [-0.05, 0) is 25.8 Å². The van der Waals surface area contributed by atoms with Gasteiger partial charge in [0.15, 0.2) is 0 Å². The van der Waals surface area contributed by atoms with Crippen molar-refractivity contribution in [3.63, 3.8) is 0 Å². The number of hydrogen-bond acceptors (Lipinski definition) is 3. The fourth-order valence-corrected chi connectivity index (χ4v) is 2.61. The summed E-state index contributed by atoms with van der Waals surface area (Å²) in [5, 5.41) is 13.2. The van der Waals surface area contributed by atoms with Crippen molar-refractivity contribution in [2.45, 2.75) is 32.8 Å². The average molecular weight is 247 g/mol. The van der Waals surface area contributed by atoms with E-state index in [1.807, 2.05) is 43.5 Å². The van der Waals surface area contributed by atoms with E-state index in [1.54, 1.807) is 11.3 Å². The molecule has 0 aliphatic heterocycles. The lowest BCUT2D eigenvalue weighted by molar-refractivity contribution is 0.167. The lowest BCUT2D eigenvalue weighted by Crippen LogP contribution is -1.99. The molecular weight excluding hydrogens is 230 g/mol. The zero-order valence-electron chi connectivity index (χ0n) is 10.2. The lowest BCUT2D eigenvalue weighted by Gasteiger charge is -2.10. The molecule has 3 heteroatoms. The van der Waals surface area contributed by atoms with Crippen molar-refractivity contribution < 1.29 is 5.11 Å². The van der Waals surface area contributed by atoms with E-state index in [1.165, 1.54) is 5.56 Å². The average Bonchev–Trinajstić information content (AvgIpc) is 2.72. The molecule has 0 saturated heterocycles. The Hall–Kier alpha value is -1.19. The number of nitrogens with zero attached hydrogens (tertiary/aromatic N) is 1. The molecule has 1 aromatic carbocycles. The number of aliphatic hydroxyl groups is 1. The minimum Gasteiger partial charge on any atom is -0.388 e. The van der Waals surface area contributed by atoms with Crippen molar-refractivity contribution in [1.82, 2.24) is 4.98 Å². The maximum absolute atomic E-state index is 10.1. The van der Waals surface area contributed by atoms with E-state index in [-0.39, 0.29) is 6.10 Å². The van der Waals surface area contributed by atoms with Gasteiger partial charge in [0.05, 0.1) is 11.1 Å². The Morgan fingerprint density at radius 3 is 2.82 bits per heavy atom. The molecule has 0 amide bonds. The van der Waals surface area contributed by atoms with Crippen LogP contribution in [0.2, 0.25) is 0 Å². The van der Waals surface area contributed by atoms with E-state index in [9.17, 15) is 5.11 Å². The van der Waals surface area contributed by atoms with E-state index in [0.717, 1.165) is 29.1 Å². The number of benzene rings is 1. The van der Waals surface area contributed by atoms with Crippen LogP contribution in [0.5, 0.6) is 0 Å². The molecule has 2 aromatic rings. The summed E-state index contributed by atoms with van der Waals surface area (Å²) in [5.41, 5.74) is 3.25. The Bertz CT molecular complexity index is 492. The highest BCUT2D eigenvalue weighted by Crippen LogP contribution is 2.21. The molecule has 2 rings (SSSR count). The molecule has 0 radical (unpaired) electrons. The van der Waals surface area contributed by atoms with Crippen molar-refractivity contribution in [3.8, 4) is 0 Å². The van der Waals surface area contributed by atoms with Crippen LogP contribution in [0.1, 0.15) is 34.4 Å². The number of aliphatic hydroxyl groups excluding tert-OH is 1. The Labute approximate surface area is 106 Å². The van der Waals surface area contributed by atoms with Crippen molar-refractivity contribution in [2.75, 3.05) is 0 Å². The topological polar surface area (TPSA) is 33.1 Å². The Morgan fingerprint density at radius 2 is 2.18 bits per heavy atom. The zero-order valence-corrected chi connectivity index (χ0v) is 11.0. The molecule has 17 heavy (non-hydrogen) atoms. The first-order chi connectivity index (χ1) is 8.15. The molecule has 2 nitrogen and oxygen atoms in total. The van der Waals surface area contributed by atoms with E-state index in [4.69, 9.17) is 0 Å². The second-order valence-electron chi connectivity index (χ2n) is 4.35. The number of aromatic nitrogens is 1. The monoisotopic (exact) mass is 247 g/mol. The fourth-order valence-electron chi connectivity index (χ4n) is 1.82. The largest absolute Gasteiger partial charge is 0.388 e. The summed E-state index contributed by atoms with van der Waals surface area (Å²) in [4.78, 5) is 4.40. The van der Waals surface area contributed by atoms with Gasteiger partial charge >= 0.3 is 0 Å². The van der Waals surface area contributed by atoms with Gasteiger partial charge in [-0.1, -0.05) is 29.8 Å². The summed E-state index contributed by atoms with van der Waals surface area (Å²) in [6, 6.07) is 8.05. The molecule has 0 saturated carbocycles. The van der Waals surface area contributed by atoms with Gasteiger partial charge in [0.2, 0.25) is 0 Å². The van der Waals surface area contributed by atoms with Gasteiger partial charge in [-0.15, -0.1) is 11.3 Å². The maximum atomic E-state index is 10.1. The zero-order chi connectivity index (χ0) is 12.3. The van der Waals surface area contributed by atoms with Crippen molar-refractivity contribution in [1.29, 1.82) is 0 Å². The predicted octanol–water partition coefficient (Wildman–Crippen LogP) is 3.43. The third-order valence-electron chi connectivity index (χ3n) is 2.73. The first-order valence-electron chi connectivity index (χ1n) is 5.81. The molecule has 0 aliphatic rings. The van der Waals surface area contributed by atoms with Crippen LogP contribution in [0.25, 0.3) is 0 Å². The molecule has 1 N–H and O–H groups in total. The highest BCUT2D eigenvalue weighted by molar-refractivity contribution is 7.09. The van der Waals surface area contributed by atoms with Gasteiger partial charge in [-0.3, -0.25) is 0 Å². The lowest BCUT2D eigenvalue weighted by atomic mass is 10.0. The molecule has 0 spiro atoms. The molecule has 0 aliphatic carbocycles. The van der Waals surface area contributed by atoms with Crippen molar-refractivity contribution in [2.24, 2.45) is 0 Å². The predicted molar refractivity (Wildman–Crippen MR) is 71.3 cm³/mol. The van der Waals surface area contributed by atoms with Crippen LogP contribution < -0.4 is 0 Å². The Morgan fingerprint density at radius 1 is 1.35 bits per heavy atom. The molecular formula is C14H17NOS. The number of aryl methyl sites for hydroxylation is 3. The number of rotatable bonds is 4. The molecule has 1 atom stereocenters. The summed E-state index contributed by atoms with van der Waals surface area (Å²) < 4.78 is 0. The molecule has 0 fully saturated rings. The molecule has 1 unspecified atom stereocenters. The molecule has 1 heterocycles. The van der Waals surface area contributed by atoms with Gasteiger partial charge in [0, 0.05) is 17.5 Å². The van der Waals surface area contributed by atoms with E-state index < -0.39 is 0 Å². The van der Waals surface area contributed by atoms with Crippen LogP contribution in [0, 0.1) is 13.8 Å². The molecule has 0 bridgehead atoms. The maximum Gasteiger partial charge on any atom is 0.0929 e. The van der Waals surface area contributed by atoms with Crippen LogP contribution in [-0.2, 0) is 6.42 Å². The summed E-state index contributed by atoms with van der Waals surface area (Å²) in [6.07, 6.45) is 1.18. The molecule has 1 aromatic heterocycles. The number of thiazole rings is 1. The third-order valence-corrected chi connectivity index (χ3v) is 3.75. The standard InChI is InChI=1S/C14H17NOS/c1-10-4-3-5-12(8-10)13(16)6-7-14-15-11(2)9-17-14/h3-5,8-9,13,16H,6-7H2,1-2H3. The highest BCUT2D eigenvalue weighted by atomic mass is 32.1. The summed E-state index contributed by atoms with van der Waals surface area (Å²) >= 11 is 1.67. The van der Waals surface area contributed by atoms with Crippen molar-refractivity contribution in [3.05, 3.63) is 51.5 Å². The van der Waals surface area contributed by atoms with Gasteiger partial charge in [-0.25, -0.2) is 4.98 Å². The van der Waals surface area contributed by atoms with E-state index in [2.05, 4.69) is 4.98 Å². The van der Waals surface area contributed by atoms with Gasteiger partial charge in [0.1, 0.15) is 0 Å². The first kappa shape index (κ1) is 12.3. The number of hydrogen-bond donors (Lipinski definition) is 1. The van der Waals surface area contributed by atoms with Crippen LogP contribution >= 0.6 is 11.3 Å². The van der Waals surface area contributed by atoms with E-state index in [0.29, 0.717) is 0 Å². The fraction of sp³-hybridized carbons (Fsp3) is 0.357. The Balaban J connectivity index is 1.95. The summed E-state index contributed by atoms with van der Waals surface area (Å²) in [5.74, 6) is 0. The smallest absolute Gasteiger partial charge is 0.0929 e. The second kappa shape index (κ2) is 5.43. The minimum atomic E-state index is -0.390. The third kappa shape index (κ3) is 3.38. The summed E-state index contributed by atoms with van der Waals surface area (Å²) in [7, 11) is 0. The summed E-state index contributed by atoms with van der Waals surface area (Å²) in [6.45, 7) is 4.04. The molecule has 90 valence electrons. The van der Waals surface area contributed by atoms with Crippen LogP contribution in [-0.4, -0.2) is 10.1 Å². The van der Waals surface area contributed by atoms with Gasteiger partial charge < -0.3 is 5.11 Å². The SMILES string of the molecule is Cc1cccc(C(O)CCc2nc(C)cs2)c1. The van der Waals surface area contributed by atoms with Gasteiger partial charge in [-0.2, -0.15) is 0 Å². The van der Waals surface area contributed by atoms with Crippen LogP contribution in [0.4, 0.5) is 0 Å². The van der Waals surface area contributed by atoms with Crippen LogP contribution in [0.3, 0.4) is 0 Å².